The molecule has 33 heavy (non-hydrogen) atoms. The molecule has 0 radical (unpaired) electrons. The Balaban J connectivity index is 2.86. The molecule has 0 aliphatic carbocycles. The Bertz CT molecular complexity index is 862. The zero-order valence-corrected chi connectivity index (χ0v) is 22.0. The fraction of sp³-hybridized carbons (Fsp3) is 0.520. The van der Waals surface area contributed by atoms with Gasteiger partial charge in [-0.2, -0.15) is 0 Å². The predicted molar refractivity (Wildman–Crippen MR) is 137 cm³/mol. The van der Waals surface area contributed by atoms with Gasteiger partial charge in [0.05, 0.1) is 19.2 Å². The van der Waals surface area contributed by atoms with Crippen LogP contribution in [0.2, 0.25) is 0 Å². The highest BCUT2D eigenvalue weighted by Gasteiger charge is 2.16. The molecule has 1 aromatic rings. The van der Waals surface area contributed by atoms with E-state index in [-0.39, 0.29) is 18.2 Å². The first-order valence-corrected chi connectivity index (χ1v) is 12.1. The zero-order chi connectivity index (χ0) is 25.0. The number of ketones is 1. The van der Waals surface area contributed by atoms with Crippen LogP contribution in [0.3, 0.4) is 0 Å². The topological polar surface area (TPSA) is 67.9 Å². The average molecular weight is 499 g/mol. The summed E-state index contributed by atoms with van der Waals surface area (Å²) < 4.78 is 11.0. The van der Waals surface area contributed by atoms with E-state index in [4.69, 9.17) is 32.7 Å². The highest BCUT2D eigenvalue weighted by molar-refractivity contribution is 6.18. The quantitative estimate of drug-likeness (QED) is 0.224. The van der Waals surface area contributed by atoms with Crippen molar-refractivity contribution in [1.82, 2.24) is 5.32 Å². The summed E-state index contributed by atoms with van der Waals surface area (Å²) in [4.78, 5) is 27.1. The maximum atomic E-state index is 12.6. The van der Waals surface area contributed by atoms with Gasteiger partial charge in [-0.15, -0.1) is 23.2 Å². The first-order valence-electron chi connectivity index (χ1n) is 11.1. The highest BCUT2D eigenvalue weighted by atomic mass is 35.5. The standard InChI is InChI=1S/C25H36Cl2N2O4/c1-7-28-20(5)19(4)25(31)17(2)14-18(3)33-24(30)16-21-8-9-22(23(15-21)32-6)29(12-10-26)13-11-27/h8-9,14-15,18,28H,7,10-13,16H2,1-6H3/b17-14+,20-19-. The van der Waals surface area contributed by atoms with E-state index in [1.807, 2.05) is 36.9 Å². The van der Waals surface area contributed by atoms with Crippen molar-refractivity contribution in [3.63, 3.8) is 0 Å². The van der Waals surface area contributed by atoms with Gasteiger partial charge in [0.1, 0.15) is 11.9 Å². The van der Waals surface area contributed by atoms with E-state index in [2.05, 4.69) is 5.32 Å². The van der Waals surface area contributed by atoms with Crippen LogP contribution in [0, 0.1) is 0 Å². The van der Waals surface area contributed by atoms with Crippen LogP contribution in [0.1, 0.15) is 40.2 Å². The molecular weight excluding hydrogens is 463 g/mol. The molecule has 184 valence electrons. The number of alkyl halides is 2. The minimum atomic E-state index is -0.530. The second-order valence-corrected chi connectivity index (χ2v) is 8.46. The fourth-order valence-electron chi connectivity index (χ4n) is 3.39. The maximum absolute atomic E-state index is 12.6. The second kappa shape index (κ2) is 14.9. The molecule has 0 fully saturated rings. The number of hydrogen-bond donors (Lipinski definition) is 1. The molecule has 0 amide bonds. The highest BCUT2D eigenvalue weighted by Crippen LogP contribution is 2.30. The number of benzene rings is 1. The van der Waals surface area contributed by atoms with E-state index >= 15 is 0 Å². The van der Waals surface area contributed by atoms with Gasteiger partial charge in [0, 0.05) is 42.7 Å². The second-order valence-electron chi connectivity index (χ2n) is 7.70. The van der Waals surface area contributed by atoms with Crippen molar-refractivity contribution in [1.29, 1.82) is 0 Å². The van der Waals surface area contributed by atoms with Crippen LogP contribution in [0.25, 0.3) is 0 Å². The molecule has 1 atom stereocenters. The van der Waals surface area contributed by atoms with Crippen molar-refractivity contribution in [2.45, 2.75) is 47.1 Å². The molecule has 0 spiro atoms. The number of allylic oxidation sites excluding steroid dienone is 3. The predicted octanol–water partition coefficient (Wildman–Crippen LogP) is 4.87. The van der Waals surface area contributed by atoms with E-state index in [9.17, 15) is 9.59 Å². The zero-order valence-electron chi connectivity index (χ0n) is 20.5. The van der Waals surface area contributed by atoms with Crippen LogP contribution < -0.4 is 15.0 Å². The van der Waals surface area contributed by atoms with Gasteiger partial charge >= 0.3 is 5.97 Å². The molecule has 1 N–H and O–H groups in total. The van der Waals surface area contributed by atoms with Crippen molar-refractivity contribution in [2.24, 2.45) is 0 Å². The normalized spacial score (nSPS) is 13.2. The Morgan fingerprint density at radius 2 is 1.79 bits per heavy atom. The minimum absolute atomic E-state index is 0.0740. The number of esters is 1. The molecule has 1 rings (SSSR count). The third kappa shape index (κ3) is 9.30. The van der Waals surface area contributed by atoms with Gasteiger partial charge in [-0.1, -0.05) is 6.07 Å². The largest absolute Gasteiger partial charge is 0.495 e. The number of anilines is 1. The van der Waals surface area contributed by atoms with Crippen LogP contribution >= 0.6 is 23.2 Å². The molecule has 0 heterocycles. The Hall–Kier alpha value is -2.18. The SMILES string of the molecule is CCN/C(C)=C(/C)C(=O)/C(C)=C/C(C)OC(=O)Cc1ccc(N(CCCl)CCCl)c(OC)c1. The van der Waals surface area contributed by atoms with E-state index in [0.29, 0.717) is 41.7 Å². The molecule has 1 unspecified atom stereocenters. The average Bonchev–Trinajstić information content (AvgIpc) is 2.77. The molecule has 0 aliphatic rings. The Labute approximate surface area is 207 Å². The van der Waals surface area contributed by atoms with Crippen LogP contribution in [-0.4, -0.2) is 56.4 Å². The summed E-state index contributed by atoms with van der Waals surface area (Å²) in [6, 6.07) is 5.58. The van der Waals surface area contributed by atoms with E-state index in [1.54, 1.807) is 34.0 Å². The van der Waals surface area contributed by atoms with E-state index < -0.39 is 6.10 Å². The summed E-state index contributed by atoms with van der Waals surface area (Å²) in [6.07, 6.45) is 1.23. The smallest absolute Gasteiger partial charge is 0.310 e. The number of Topliss-reactive ketones (excluding diaryl/α,β-unsaturated/α-hetero) is 1. The lowest BCUT2D eigenvalue weighted by Gasteiger charge is -2.25. The van der Waals surface area contributed by atoms with Gasteiger partial charge in [-0.3, -0.25) is 9.59 Å². The number of halogens is 2. The molecule has 0 aliphatic heterocycles. The molecule has 0 aromatic heterocycles. The number of methoxy groups -OCH3 is 1. The molecule has 0 saturated carbocycles. The molecule has 0 saturated heterocycles. The van der Waals surface area contributed by atoms with Crippen LogP contribution in [0.15, 0.2) is 41.1 Å². The Kier molecular flexibility index (Phi) is 13.0. The first kappa shape index (κ1) is 28.9. The van der Waals surface area contributed by atoms with Crippen molar-refractivity contribution in [3.8, 4) is 5.75 Å². The van der Waals surface area contributed by atoms with Gasteiger partial charge in [0.15, 0.2) is 5.78 Å². The number of ether oxygens (including phenoxy) is 2. The summed E-state index contributed by atoms with van der Waals surface area (Å²) in [5.74, 6) is 1.11. The lowest BCUT2D eigenvalue weighted by molar-refractivity contribution is -0.145. The number of nitrogens with zero attached hydrogens (tertiary/aromatic N) is 1. The number of hydrogen-bond acceptors (Lipinski definition) is 6. The molecule has 1 aromatic carbocycles. The van der Waals surface area contributed by atoms with Crippen molar-refractivity contribution in [3.05, 3.63) is 46.7 Å². The van der Waals surface area contributed by atoms with Gasteiger partial charge in [-0.05, 0) is 64.0 Å². The summed E-state index contributed by atoms with van der Waals surface area (Å²) in [5, 5.41) is 3.15. The fourth-order valence-corrected chi connectivity index (χ4v) is 3.80. The van der Waals surface area contributed by atoms with E-state index in [0.717, 1.165) is 23.5 Å². The van der Waals surface area contributed by atoms with Crippen molar-refractivity contribution >= 4 is 40.6 Å². The van der Waals surface area contributed by atoms with Crippen LogP contribution in [0.4, 0.5) is 5.69 Å². The summed E-state index contributed by atoms with van der Waals surface area (Å²) >= 11 is 11.8. The van der Waals surface area contributed by atoms with Gasteiger partial charge in [-0.25, -0.2) is 0 Å². The first-order chi connectivity index (χ1) is 15.7. The molecular formula is C25H36Cl2N2O4. The number of carbonyl (C=O) groups excluding carboxylic acids is 2. The lowest BCUT2D eigenvalue weighted by atomic mass is 10.0. The maximum Gasteiger partial charge on any atom is 0.310 e. The monoisotopic (exact) mass is 498 g/mol. The van der Waals surface area contributed by atoms with Crippen LogP contribution in [-0.2, 0) is 20.7 Å². The van der Waals surface area contributed by atoms with E-state index in [1.165, 1.54) is 0 Å². The van der Waals surface area contributed by atoms with Crippen molar-refractivity contribution < 1.29 is 19.1 Å². The number of rotatable bonds is 14. The van der Waals surface area contributed by atoms with Crippen molar-refractivity contribution in [2.75, 3.05) is 43.4 Å². The Morgan fingerprint density at radius 3 is 2.33 bits per heavy atom. The molecule has 8 heteroatoms. The summed E-state index contributed by atoms with van der Waals surface area (Å²) in [6.45, 7) is 11.1. The number of carbonyl (C=O) groups is 2. The third-order valence-electron chi connectivity index (χ3n) is 5.15. The molecule has 0 bridgehead atoms. The molecule has 6 nitrogen and oxygen atoms in total. The summed E-state index contributed by atoms with van der Waals surface area (Å²) in [7, 11) is 1.58. The third-order valence-corrected chi connectivity index (χ3v) is 5.49. The van der Waals surface area contributed by atoms with Gasteiger partial charge < -0.3 is 19.7 Å². The summed E-state index contributed by atoms with van der Waals surface area (Å²) in [5.41, 5.74) is 3.66. The number of nitrogens with one attached hydrogen (secondary N) is 1. The van der Waals surface area contributed by atoms with Gasteiger partial charge in [0.2, 0.25) is 0 Å². The van der Waals surface area contributed by atoms with Crippen LogP contribution in [0.5, 0.6) is 5.75 Å². The minimum Gasteiger partial charge on any atom is -0.495 e. The van der Waals surface area contributed by atoms with Gasteiger partial charge in [0.25, 0.3) is 0 Å². The Morgan fingerprint density at radius 1 is 1.15 bits per heavy atom. The lowest BCUT2D eigenvalue weighted by Crippen LogP contribution is -2.28.